The van der Waals surface area contributed by atoms with Crippen molar-refractivity contribution in [3.05, 3.63) is 82.1 Å². The SMILES string of the molecule is CCc1c(-c2ccccc2)nc(SCC(O)c2ccccc2)[nH]c1=O. The van der Waals surface area contributed by atoms with Crippen LogP contribution in [0.5, 0.6) is 0 Å². The number of thioether (sulfide) groups is 1. The van der Waals surface area contributed by atoms with Crippen molar-refractivity contribution in [1.29, 1.82) is 0 Å². The van der Waals surface area contributed by atoms with Gasteiger partial charge in [-0.25, -0.2) is 4.98 Å². The average molecular weight is 352 g/mol. The van der Waals surface area contributed by atoms with E-state index in [4.69, 9.17) is 0 Å². The van der Waals surface area contributed by atoms with E-state index < -0.39 is 6.10 Å². The minimum absolute atomic E-state index is 0.118. The molecule has 1 unspecified atom stereocenters. The summed E-state index contributed by atoms with van der Waals surface area (Å²) in [6.07, 6.45) is 0.00646. The molecule has 128 valence electrons. The minimum Gasteiger partial charge on any atom is -0.388 e. The first-order chi connectivity index (χ1) is 12.2. The molecule has 0 spiro atoms. The normalized spacial score (nSPS) is 12.1. The first-order valence-corrected chi connectivity index (χ1v) is 9.22. The van der Waals surface area contributed by atoms with E-state index in [-0.39, 0.29) is 5.56 Å². The van der Waals surface area contributed by atoms with Gasteiger partial charge in [0, 0.05) is 16.9 Å². The second-order valence-electron chi connectivity index (χ2n) is 5.66. The molecule has 0 radical (unpaired) electrons. The van der Waals surface area contributed by atoms with Crippen molar-refractivity contribution in [2.75, 3.05) is 5.75 Å². The van der Waals surface area contributed by atoms with E-state index in [1.807, 2.05) is 67.6 Å². The molecule has 2 aromatic carbocycles. The Morgan fingerprint density at radius 2 is 1.72 bits per heavy atom. The molecule has 1 atom stereocenters. The van der Waals surface area contributed by atoms with Gasteiger partial charge in [0.2, 0.25) is 0 Å². The third-order valence-corrected chi connectivity index (χ3v) is 4.91. The van der Waals surface area contributed by atoms with Crippen LogP contribution in [0.3, 0.4) is 0 Å². The van der Waals surface area contributed by atoms with Crippen LogP contribution < -0.4 is 5.56 Å². The van der Waals surface area contributed by atoms with Crippen LogP contribution in [0.2, 0.25) is 0 Å². The van der Waals surface area contributed by atoms with Crippen molar-refractivity contribution < 1.29 is 5.11 Å². The van der Waals surface area contributed by atoms with Crippen LogP contribution in [0.25, 0.3) is 11.3 Å². The van der Waals surface area contributed by atoms with Crippen molar-refractivity contribution in [3.63, 3.8) is 0 Å². The molecule has 0 saturated heterocycles. The fourth-order valence-electron chi connectivity index (χ4n) is 2.64. The molecular weight excluding hydrogens is 332 g/mol. The van der Waals surface area contributed by atoms with Crippen molar-refractivity contribution in [2.45, 2.75) is 24.6 Å². The third kappa shape index (κ3) is 4.18. The molecule has 0 bridgehead atoms. The molecule has 5 heteroatoms. The standard InChI is InChI=1S/C20H20N2O2S/c1-2-16-18(15-11-7-4-8-12-15)21-20(22-19(16)24)25-13-17(23)14-9-5-3-6-10-14/h3-12,17,23H,2,13H2,1H3,(H,21,22,24). The molecule has 1 heterocycles. The van der Waals surface area contributed by atoms with Crippen molar-refractivity contribution >= 4 is 11.8 Å². The van der Waals surface area contributed by atoms with Gasteiger partial charge in [0.15, 0.2) is 5.16 Å². The Morgan fingerprint density at radius 1 is 1.08 bits per heavy atom. The number of aromatic amines is 1. The first-order valence-electron chi connectivity index (χ1n) is 8.23. The molecule has 0 amide bonds. The Kier molecular flexibility index (Phi) is 5.68. The van der Waals surface area contributed by atoms with Gasteiger partial charge in [-0.05, 0) is 12.0 Å². The van der Waals surface area contributed by atoms with E-state index in [0.717, 1.165) is 11.1 Å². The number of benzene rings is 2. The Balaban J connectivity index is 1.85. The molecule has 4 nitrogen and oxygen atoms in total. The molecule has 1 aromatic heterocycles. The molecular formula is C20H20N2O2S. The Labute approximate surface area is 151 Å². The van der Waals surface area contributed by atoms with Gasteiger partial charge in [-0.1, -0.05) is 79.3 Å². The Bertz CT molecular complexity index is 879. The number of H-pyrrole nitrogens is 1. The lowest BCUT2D eigenvalue weighted by atomic mass is 10.1. The number of hydrogen-bond acceptors (Lipinski definition) is 4. The molecule has 25 heavy (non-hydrogen) atoms. The van der Waals surface area contributed by atoms with Crippen molar-refractivity contribution in [1.82, 2.24) is 9.97 Å². The second kappa shape index (κ2) is 8.14. The van der Waals surface area contributed by atoms with Gasteiger partial charge in [-0.3, -0.25) is 4.79 Å². The predicted molar refractivity (Wildman–Crippen MR) is 102 cm³/mol. The van der Waals surface area contributed by atoms with Crippen LogP contribution in [-0.4, -0.2) is 20.8 Å². The zero-order valence-electron chi connectivity index (χ0n) is 14.0. The largest absolute Gasteiger partial charge is 0.388 e. The van der Waals surface area contributed by atoms with Gasteiger partial charge in [-0.2, -0.15) is 0 Å². The van der Waals surface area contributed by atoms with Gasteiger partial charge in [0.05, 0.1) is 11.8 Å². The van der Waals surface area contributed by atoms with Gasteiger partial charge >= 0.3 is 0 Å². The number of aliphatic hydroxyl groups excluding tert-OH is 1. The second-order valence-corrected chi connectivity index (χ2v) is 6.66. The predicted octanol–water partition coefficient (Wildman–Crippen LogP) is 3.83. The topological polar surface area (TPSA) is 66.0 Å². The fourth-order valence-corrected chi connectivity index (χ4v) is 3.47. The van der Waals surface area contributed by atoms with E-state index in [1.165, 1.54) is 11.8 Å². The van der Waals surface area contributed by atoms with Crippen LogP contribution >= 0.6 is 11.8 Å². The molecule has 0 aliphatic carbocycles. The quantitative estimate of drug-likeness (QED) is 0.523. The summed E-state index contributed by atoms with van der Waals surface area (Å²) in [6.45, 7) is 1.95. The van der Waals surface area contributed by atoms with Crippen LogP contribution in [0, 0.1) is 0 Å². The van der Waals surface area contributed by atoms with Crippen molar-refractivity contribution in [2.24, 2.45) is 0 Å². The fraction of sp³-hybridized carbons (Fsp3) is 0.200. The maximum Gasteiger partial charge on any atom is 0.255 e. The molecule has 3 aromatic rings. The molecule has 0 saturated carbocycles. The lowest BCUT2D eigenvalue weighted by molar-refractivity contribution is 0.204. The number of rotatable bonds is 6. The highest BCUT2D eigenvalue weighted by Crippen LogP contribution is 2.25. The van der Waals surface area contributed by atoms with E-state index in [2.05, 4.69) is 9.97 Å². The number of aromatic nitrogens is 2. The first kappa shape index (κ1) is 17.5. The van der Waals surface area contributed by atoms with Crippen LogP contribution in [0.1, 0.15) is 24.2 Å². The van der Waals surface area contributed by atoms with Crippen molar-refractivity contribution in [3.8, 4) is 11.3 Å². The zero-order chi connectivity index (χ0) is 17.6. The molecule has 3 rings (SSSR count). The lowest BCUT2D eigenvalue weighted by Crippen LogP contribution is -2.16. The molecule has 0 aliphatic rings. The highest BCUT2D eigenvalue weighted by molar-refractivity contribution is 7.99. The summed E-state index contributed by atoms with van der Waals surface area (Å²) in [7, 11) is 0. The summed E-state index contributed by atoms with van der Waals surface area (Å²) < 4.78 is 0. The summed E-state index contributed by atoms with van der Waals surface area (Å²) in [5.74, 6) is 0.423. The minimum atomic E-state index is -0.609. The summed E-state index contributed by atoms with van der Waals surface area (Å²) in [4.78, 5) is 19.9. The number of aliphatic hydroxyl groups is 1. The molecule has 0 fully saturated rings. The Morgan fingerprint density at radius 3 is 2.36 bits per heavy atom. The monoisotopic (exact) mass is 352 g/mol. The van der Waals surface area contributed by atoms with E-state index in [9.17, 15) is 9.90 Å². The summed E-state index contributed by atoms with van der Waals surface area (Å²) in [6, 6.07) is 19.2. The number of nitrogens with one attached hydrogen (secondary N) is 1. The highest BCUT2D eigenvalue weighted by Gasteiger charge is 2.14. The van der Waals surface area contributed by atoms with Crippen LogP contribution in [0.4, 0.5) is 0 Å². The molecule has 2 N–H and O–H groups in total. The average Bonchev–Trinajstić information content (AvgIpc) is 2.67. The third-order valence-electron chi connectivity index (χ3n) is 3.96. The number of hydrogen-bond donors (Lipinski definition) is 2. The van der Waals surface area contributed by atoms with Gasteiger partial charge in [-0.15, -0.1) is 0 Å². The highest BCUT2D eigenvalue weighted by atomic mass is 32.2. The maximum absolute atomic E-state index is 12.4. The summed E-state index contributed by atoms with van der Waals surface area (Å²) in [5.41, 5.74) is 3.05. The van der Waals surface area contributed by atoms with Crippen LogP contribution in [0.15, 0.2) is 70.6 Å². The van der Waals surface area contributed by atoms with Gasteiger partial charge < -0.3 is 10.1 Å². The van der Waals surface area contributed by atoms with E-state index >= 15 is 0 Å². The molecule has 0 aliphatic heterocycles. The van der Waals surface area contributed by atoms with E-state index in [1.54, 1.807) is 0 Å². The van der Waals surface area contributed by atoms with Gasteiger partial charge in [0.1, 0.15) is 0 Å². The number of nitrogens with zero attached hydrogens (tertiary/aromatic N) is 1. The zero-order valence-corrected chi connectivity index (χ0v) is 14.8. The van der Waals surface area contributed by atoms with Crippen LogP contribution in [-0.2, 0) is 6.42 Å². The lowest BCUT2D eigenvalue weighted by Gasteiger charge is -2.12. The van der Waals surface area contributed by atoms with E-state index in [0.29, 0.717) is 28.6 Å². The smallest absolute Gasteiger partial charge is 0.255 e. The summed E-state index contributed by atoms with van der Waals surface area (Å²) >= 11 is 1.35. The van der Waals surface area contributed by atoms with Gasteiger partial charge in [0.25, 0.3) is 5.56 Å². The summed E-state index contributed by atoms with van der Waals surface area (Å²) in [5, 5.41) is 10.8. The Hall–Kier alpha value is -2.37. The maximum atomic E-state index is 12.4.